The van der Waals surface area contributed by atoms with E-state index < -0.39 is 5.97 Å². The minimum Gasteiger partial charge on any atom is -0.475 e. The third-order valence-corrected chi connectivity index (χ3v) is 4.31. The third kappa shape index (κ3) is 3.10. The SMILES string of the molecule is Cc1nc(C(=O)O)nc2c1CCC(=O)N2Cc1ccc(Br)cc1. The molecule has 0 saturated carbocycles. The number of amides is 1. The van der Waals surface area contributed by atoms with Gasteiger partial charge < -0.3 is 5.11 Å². The van der Waals surface area contributed by atoms with Gasteiger partial charge in [0.15, 0.2) is 0 Å². The zero-order valence-electron chi connectivity index (χ0n) is 12.4. The van der Waals surface area contributed by atoms with Gasteiger partial charge in [0.05, 0.1) is 6.54 Å². The van der Waals surface area contributed by atoms with Gasteiger partial charge in [0, 0.05) is 22.2 Å². The Morgan fingerprint density at radius 2 is 1.96 bits per heavy atom. The van der Waals surface area contributed by atoms with Crippen molar-refractivity contribution in [1.82, 2.24) is 9.97 Å². The Hall–Kier alpha value is -2.28. The molecule has 2 aromatic rings. The third-order valence-electron chi connectivity index (χ3n) is 3.78. The van der Waals surface area contributed by atoms with Crippen molar-refractivity contribution in [3.8, 4) is 0 Å². The highest BCUT2D eigenvalue weighted by molar-refractivity contribution is 9.10. The summed E-state index contributed by atoms with van der Waals surface area (Å²) in [7, 11) is 0. The number of aromatic nitrogens is 2. The Morgan fingerprint density at radius 1 is 1.26 bits per heavy atom. The fourth-order valence-electron chi connectivity index (χ4n) is 2.61. The highest BCUT2D eigenvalue weighted by Gasteiger charge is 2.29. The number of fused-ring (bicyclic) bond motifs is 1. The number of carboxylic acids is 1. The summed E-state index contributed by atoms with van der Waals surface area (Å²) in [6.07, 6.45) is 0.914. The number of aromatic carboxylic acids is 1. The molecular weight excluding hydrogens is 362 g/mol. The molecule has 1 aromatic carbocycles. The number of carboxylic acid groups (broad SMARTS) is 1. The van der Waals surface area contributed by atoms with Crippen LogP contribution in [0.2, 0.25) is 0 Å². The van der Waals surface area contributed by atoms with E-state index in [1.165, 1.54) is 0 Å². The van der Waals surface area contributed by atoms with Crippen molar-refractivity contribution < 1.29 is 14.7 Å². The zero-order chi connectivity index (χ0) is 16.6. The number of hydrogen-bond donors (Lipinski definition) is 1. The van der Waals surface area contributed by atoms with E-state index in [0.29, 0.717) is 30.9 Å². The van der Waals surface area contributed by atoms with Crippen molar-refractivity contribution in [1.29, 1.82) is 0 Å². The van der Waals surface area contributed by atoms with E-state index in [0.717, 1.165) is 15.6 Å². The predicted octanol–water partition coefficient (Wildman–Crippen LogP) is 2.73. The molecule has 7 heteroatoms. The molecule has 1 aliphatic heterocycles. The van der Waals surface area contributed by atoms with Crippen LogP contribution in [0.15, 0.2) is 28.7 Å². The van der Waals surface area contributed by atoms with E-state index in [-0.39, 0.29) is 11.7 Å². The first-order valence-electron chi connectivity index (χ1n) is 7.11. The highest BCUT2D eigenvalue weighted by atomic mass is 79.9. The fraction of sp³-hybridized carbons (Fsp3) is 0.250. The van der Waals surface area contributed by atoms with Gasteiger partial charge in [-0.2, -0.15) is 0 Å². The van der Waals surface area contributed by atoms with Gasteiger partial charge >= 0.3 is 5.97 Å². The van der Waals surface area contributed by atoms with Gasteiger partial charge in [-0.05, 0) is 31.0 Å². The van der Waals surface area contributed by atoms with Crippen LogP contribution in [-0.4, -0.2) is 27.0 Å². The van der Waals surface area contributed by atoms with Crippen molar-refractivity contribution in [2.45, 2.75) is 26.3 Å². The molecule has 2 heterocycles. The van der Waals surface area contributed by atoms with Gasteiger partial charge in [-0.25, -0.2) is 14.8 Å². The first-order valence-corrected chi connectivity index (χ1v) is 7.90. The van der Waals surface area contributed by atoms with Crippen molar-refractivity contribution >= 4 is 33.6 Å². The molecule has 0 bridgehead atoms. The van der Waals surface area contributed by atoms with Crippen molar-refractivity contribution in [3.63, 3.8) is 0 Å². The van der Waals surface area contributed by atoms with Crippen molar-refractivity contribution in [3.05, 3.63) is 51.4 Å². The summed E-state index contributed by atoms with van der Waals surface area (Å²) < 4.78 is 0.956. The first kappa shape index (κ1) is 15.6. The molecule has 0 fully saturated rings. The van der Waals surface area contributed by atoms with Crippen LogP contribution >= 0.6 is 15.9 Å². The van der Waals surface area contributed by atoms with Gasteiger partial charge in [-0.15, -0.1) is 0 Å². The van der Waals surface area contributed by atoms with Crippen LogP contribution in [0.3, 0.4) is 0 Å². The minimum atomic E-state index is -1.20. The Morgan fingerprint density at radius 3 is 2.61 bits per heavy atom. The molecule has 0 atom stereocenters. The van der Waals surface area contributed by atoms with Gasteiger partial charge in [0.25, 0.3) is 0 Å². The molecule has 0 spiro atoms. The number of halogens is 1. The van der Waals surface area contributed by atoms with Gasteiger partial charge in [-0.3, -0.25) is 9.69 Å². The number of benzene rings is 1. The van der Waals surface area contributed by atoms with Crippen LogP contribution in [0.25, 0.3) is 0 Å². The van der Waals surface area contributed by atoms with Crippen LogP contribution in [0, 0.1) is 6.92 Å². The van der Waals surface area contributed by atoms with Crippen LogP contribution in [0.4, 0.5) is 5.82 Å². The second kappa shape index (κ2) is 6.08. The van der Waals surface area contributed by atoms with E-state index in [2.05, 4.69) is 25.9 Å². The summed E-state index contributed by atoms with van der Waals surface area (Å²) in [5.41, 5.74) is 2.40. The number of rotatable bonds is 3. The maximum Gasteiger partial charge on any atom is 0.374 e. The summed E-state index contributed by atoms with van der Waals surface area (Å²) >= 11 is 3.38. The molecule has 1 N–H and O–H groups in total. The Balaban J connectivity index is 2.03. The van der Waals surface area contributed by atoms with Crippen LogP contribution in [0.1, 0.15) is 33.9 Å². The van der Waals surface area contributed by atoms with E-state index in [1.807, 2.05) is 24.3 Å². The second-order valence-electron chi connectivity index (χ2n) is 5.35. The Labute approximate surface area is 141 Å². The largest absolute Gasteiger partial charge is 0.475 e. The standard InChI is InChI=1S/C16H14BrN3O3/c1-9-12-6-7-13(21)20(8-10-2-4-11(17)5-3-10)15(12)19-14(18-9)16(22)23/h2-5H,6-8H2,1H3,(H,22,23). The molecule has 1 amide bonds. The molecule has 23 heavy (non-hydrogen) atoms. The summed E-state index contributed by atoms with van der Waals surface area (Å²) in [4.78, 5) is 33.2. The number of carbonyl (C=O) groups is 2. The quantitative estimate of drug-likeness (QED) is 0.891. The molecule has 0 saturated heterocycles. The molecule has 0 aliphatic carbocycles. The molecule has 118 valence electrons. The molecule has 1 aromatic heterocycles. The van der Waals surface area contributed by atoms with Crippen LogP contribution in [-0.2, 0) is 17.8 Å². The average Bonchev–Trinajstić information content (AvgIpc) is 2.51. The number of anilines is 1. The molecule has 6 nitrogen and oxygen atoms in total. The summed E-state index contributed by atoms with van der Waals surface area (Å²) in [6.45, 7) is 2.11. The minimum absolute atomic E-state index is 0.0603. The molecule has 1 aliphatic rings. The smallest absolute Gasteiger partial charge is 0.374 e. The second-order valence-corrected chi connectivity index (χ2v) is 6.26. The Bertz CT molecular complexity index is 790. The summed E-state index contributed by atoms with van der Waals surface area (Å²) in [5, 5.41) is 9.15. The average molecular weight is 376 g/mol. The Kier molecular flexibility index (Phi) is 4.12. The van der Waals surface area contributed by atoms with E-state index in [9.17, 15) is 9.59 Å². The first-order chi connectivity index (χ1) is 11.0. The monoisotopic (exact) mass is 375 g/mol. The maximum atomic E-state index is 12.3. The fourth-order valence-corrected chi connectivity index (χ4v) is 2.88. The molecule has 3 rings (SSSR count). The maximum absolute atomic E-state index is 12.3. The predicted molar refractivity (Wildman–Crippen MR) is 87.4 cm³/mol. The van der Waals surface area contributed by atoms with E-state index >= 15 is 0 Å². The summed E-state index contributed by atoms with van der Waals surface area (Å²) in [5.74, 6) is -1.13. The lowest BCUT2D eigenvalue weighted by Gasteiger charge is -2.29. The normalized spacial score (nSPS) is 13.8. The van der Waals surface area contributed by atoms with Gasteiger partial charge in [0.1, 0.15) is 5.82 Å². The number of carbonyl (C=O) groups excluding carboxylic acids is 1. The topological polar surface area (TPSA) is 83.4 Å². The van der Waals surface area contributed by atoms with E-state index in [1.54, 1.807) is 11.8 Å². The number of aryl methyl sites for hydroxylation is 1. The van der Waals surface area contributed by atoms with Gasteiger partial charge in [-0.1, -0.05) is 28.1 Å². The van der Waals surface area contributed by atoms with E-state index in [4.69, 9.17) is 5.11 Å². The number of hydrogen-bond acceptors (Lipinski definition) is 4. The van der Waals surface area contributed by atoms with Crippen molar-refractivity contribution in [2.24, 2.45) is 0 Å². The lowest BCUT2D eigenvalue weighted by atomic mass is 10.0. The van der Waals surface area contributed by atoms with Crippen LogP contribution < -0.4 is 4.90 Å². The highest BCUT2D eigenvalue weighted by Crippen LogP contribution is 2.29. The molecule has 0 radical (unpaired) electrons. The van der Waals surface area contributed by atoms with Gasteiger partial charge in [0.2, 0.25) is 11.7 Å². The van der Waals surface area contributed by atoms with Crippen LogP contribution in [0.5, 0.6) is 0 Å². The lowest BCUT2D eigenvalue weighted by molar-refractivity contribution is -0.119. The zero-order valence-corrected chi connectivity index (χ0v) is 14.0. The number of nitrogens with zero attached hydrogens (tertiary/aromatic N) is 3. The van der Waals surface area contributed by atoms with Crippen molar-refractivity contribution in [2.75, 3.05) is 4.90 Å². The summed E-state index contributed by atoms with van der Waals surface area (Å²) in [6, 6.07) is 7.63. The molecular formula is C16H14BrN3O3. The molecule has 0 unspecified atom stereocenters. The lowest BCUT2D eigenvalue weighted by Crippen LogP contribution is -2.36.